The molecular weight excluding hydrogens is 246 g/mol. The van der Waals surface area contributed by atoms with Crippen LogP contribution in [0.2, 0.25) is 0 Å². The smallest absolute Gasteiger partial charge is 0.322 e. The van der Waals surface area contributed by atoms with E-state index in [4.69, 9.17) is 10.6 Å². The van der Waals surface area contributed by atoms with Gasteiger partial charge in [0.15, 0.2) is 0 Å². The van der Waals surface area contributed by atoms with Gasteiger partial charge in [0.1, 0.15) is 0 Å². The summed E-state index contributed by atoms with van der Waals surface area (Å²) in [5.41, 5.74) is 2.42. The summed E-state index contributed by atoms with van der Waals surface area (Å²) in [6.45, 7) is 4.75. The van der Waals surface area contributed by atoms with Crippen LogP contribution in [0.1, 0.15) is 13.3 Å². The van der Waals surface area contributed by atoms with Crippen LogP contribution in [0.4, 0.5) is 11.9 Å². The van der Waals surface area contributed by atoms with Gasteiger partial charge in [-0.25, -0.2) is 5.84 Å². The van der Waals surface area contributed by atoms with Crippen molar-refractivity contribution >= 4 is 11.9 Å². The topological polar surface area (TPSA) is 92.4 Å². The molecule has 0 aliphatic heterocycles. The Labute approximate surface area is 114 Å². The lowest BCUT2D eigenvalue weighted by Crippen LogP contribution is -2.29. The zero-order valence-electron chi connectivity index (χ0n) is 12.1. The molecular formula is C11H23N7O. The van der Waals surface area contributed by atoms with E-state index in [1.807, 2.05) is 0 Å². The third kappa shape index (κ3) is 4.84. The summed E-state index contributed by atoms with van der Waals surface area (Å²) >= 11 is 0. The van der Waals surface area contributed by atoms with Gasteiger partial charge in [-0.2, -0.15) is 15.0 Å². The molecule has 0 unspecified atom stereocenters. The molecule has 108 valence electrons. The number of hydrazine groups is 1. The summed E-state index contributed by atoms with van der Waals surface area (Å²) in [7, 11) is 5.62. The van der Waals surface area contributed by atoms with Gasteiger partial charge < -0.3 is 14.5 Å². The molecule has 1 aromatic rings. The third-order valence-corrected chi connectivity index (χ3v) is 2.61. The fraction of sp³-hybridized carbons (Fsp3) is 0.727. The molecule has 0 aliphatic carbocycles. The molecule has 0 saturated carbocycles. The Morgan fingerprint density at radius 3 is 2.47 bits per heavy atom. The maximum absolute atomic E-state index is 5.34. The van der Waals surface area contributed by atoms with Gasteiger partial charge in [-0.3, -0.25) is 5.43 Å². The molecule has 0 bridgehead atoms. The fourth-order valence-corrected chi connectivity index (χ4v) is 1.62. The lowest BCUT2D eigenvalue weighted by atomic mass is 10.3. The van der Waals surface area contributed by atoms with Crippen molar-refractivity contribution in [2.24, 2.45) is 5.84 Å². The Morgan fingerprint density at radius 2 is 1.95 bits per heavy atom. The van der Waals surface area contributed by atoms with Crippen LogP contribution in [0.3, 0.4) is 0 Å². The molecule has 1 aromatic heterocycles. The maximum atomic E-state index is 5.34. The number of methoxy groups -OCH3 is 1. The van der Waals surface area contributed by atoms with Crippen molar-refractivity contribution in [3.8, 4) is 6.01 Å². The van der Waals surface area contributed by atoms with Gasteiger partial charge in [-0.05, 0) is 34.0 Å². The number of nitrogens with zero attached hydrogens (tertiary/aromatic N) is 5. The number of nitrogen functional groups attached to an aromatic ring is 1. The van der Waals surface area contributed by atoms with Crippen molar-refractivity contribution in [2.75, 3.05) is 51.2 Å². The quantitative estimate of drug-likeness (QED) is 0.501. The highest BCUT2D eigenvalue weighted by Crippen LogP contribution is 2.14. The standard InChI is InChI=1S/C11H23N7O/c1-5-18(8-6-7-17(2)3)10-13-9(16-12)14-11(15-10)19-4/h5-8,12H2,1-4H3,(H,13,14,15,16). The molecule has 0 aromatic carbocycles. The Hall–Kier alpha value is -1.67. The lowest BCUT2D eigenvalue weighted by molar-refractivity contribution is 0.377. The Bertz CT molecular complexity index is 363. The van der Waals surface area contributed by atoms with Crippen LogP contribution < -0.4 is 20.9 Å². The number of nitrogens with two attached hydrogens (primary N) is 1. The van der Waals surface area contributed by atoms with Gasteiger partial charge >= 0.3 is 6.01 Å². The van der Waals surface area contributed by atoms with Crippen molar-refractivity contribution in [3.05, 3.63) is 0 Å². The Kier molecular flexibility index (Phi) is 6.23. The van der Waals surface area contributed by atoms with Gasteiger partial charge in [0, 0.05) is 13.1 Å². The number of anilines is 2. The number of hydrogen-bond donors (Lipinski definition) is 2. The summed E-state index contributed by atoms with van der Waals surface area (Å²) in [6, 6.07) is 0.254. The van der Waals surface area contributed by atoms with Crippen molar-refractivity contribution in [1.82, 2.24) is 19.9 Å². The number of nitrogens with one attached hydrogen (secondary N) is 1. The lowest BCUT2D eigenvalue weighted by Gasteiger charge is -2.22. The van der Waals surface area contributed by atoms with Crippen LogP contribution in [0.15, 0.2) is 0 Å². The minimum absolute atomic E-state index is 0.254. The predicted octanol–water partition coefficient (Wildman–Crippen LogP) is -0.0562. The molecule has 19 heavy (non-hydrogen) atoms. The number of rotatable bonds is 8. The van der Waals surface area contributed by atoms with Gasteiger partial charge in [-0.1, -0.05) is 0 Å². The zero-order valence-corrected chi connectivity index (χ0v) is 12.1. The first kappa shape index (κ1) is 15.4. The largest absolute Gasteiger partial charge is 0.467 e. The van der Waals surface area contributed by atoms with E-state index < -0.39 is 0 Å². The Balaban J connectivity index is 2.78. The first-order valence-corrected chi connectivity index (χ1v) is 6.27. The first-order valence-electron chi connectivity index (χ1n) is 6.27. The van der Waals surface area contributed by atoms with E-state index in [0.717, 1.165) is 26.1 Å². The second-order valence-corrected chi connectivity index (χ2v) is 4.33. The second kappa shape index (κ2) is 7.70. The van der Waals surface area contributed by atoms with Crippen LogP contribution in [-0.4, -0.2) is 60.7 Å². The molecule has 0 fully saturated rings. The average Bonchev–Trinajstić information content (AvgIpc) is 2.42. The van der Waals surface area contributed by atoms with Crippen molar-refractivity contribution in [1.29, 1.82) is 0 Å². The number of hydrogen-bond acceptors (Lipinski definition) is 8. The summed E-state index contributed by atoms with van der Waals surface area (Å²) in [5, 5.41) is 0. The molecule has 1 heterocycles. The van der Waals surface area contributed by atoms with Crippen molar-refractivity contribution < 1.29 is 4.74 Å². The predicted molar refractivity (Wildman–Crippen MR) is 75.2 cm³/mol. The summed E-state index contributed by atoms with van der Waals surface area (Å²) in [4.78, 5) is 16.7. The summed E-state index contributed by atoms with van der Waals surface area (Å²) in [6.07, 6.45) is 1.03. The van der Waals surface area contributed by atoms with E-state index in [9.17, 15) is 0 Å². The molecule has 0 aliphatic rings. The maximum Gasteiger partial charge on any atom is 0.322 e. The highest BCUT2D eigenvalue weighted by Gasteiger charge is 2.12. The van der Waals surface area contributed by atoms with Crippen LogP contribution in [0.5, 0.6) is 6.01 Å². The molecule has 8 nitrogen and oxygen atoms in total. The molecule has 0 atom stereocenters. The SMILES string of the molecule is CCN(CCCN(C)C)c1nc(NN)nc(OC)n1. The van der Waals surface area contributed by atoms with E-state index in [2.05, 4.69) is 51.2 Å². The monoisotopic (exact) mass is 269 g/mol. The molecule has 0 amide bonds. The highest BCUT2D eigenvalue weighted by atomic mass is 16.5. The minimum atomic E-state index is 0.254. The third-order valence-electron chi connectivity index (χ3n) is 2.61. The number of aromatic nitrogens is 3. The van der Waals surface area contributed by atoms with Crippen LogP contribution in [0.25, 0.3) is 0 Å². The van der Waals surface area contributed by atoms with E-state index in [1.165, 1.54) is 7.11 Å². The minimum Gasteiger partial charge on any atom is -0.467 e. The molecule has 3 N–H and O–H groups in total. The number of ether oxygens (including phenoxy) is 1. The zero-order chi connectivity index (χ0) is 14.3. The normalized spacial score (nSPS) is 10.6. The fourth-order valence-electron chi connectivity index (χ4n) is 1.62. The first-order chi connectivity index (χ1) is 9.10. The Morgan fingerprint density at radius 1 is 1.21 bits per heavy atom. The molecule has 0 radical (unpaired) electrons. The second-order valence-electron chi connectivity index (χ2n) is 4.33. The van der Waals surface area contributed by atoms with Crippen LogP contribution in [0, 0.1) is 0 Å². The van der Waals surface area contributed by atoms with E-state index in [0.29, 0.717) is 11.9 Å². The van der Waals surface area contributed by atoms with Crippen molar-refractivity contribution in [3.63, 3.8) is 0 Å². The van der Waals surface area contributed by atoms with E-state index in [1.54, 1.807) is 0 Å². The van der Waals surface area contributed by atoms with Gasteiger partial charge in [0.2, 0.25) is 11.9 Å². The van der Waals surface area contributed by atoms with Crippen LogP contribution in [-0.2, 0) is 0 Å². The molecule has 0 spiro atoms. The van der Waals surface area contributed by atoms with Crippen LogP contribution >= 0.6 is 0 Å². The van der Waals surface area contributed by atoms with Crippen molar-refractivity contribution in [2.45, 2.75) is 13.3 Å². The van der Waals surface area contributed by atoms with E-state index >= 15 is 0 Å². The summed E-state index contributed by atoms with van der Waals surface area (Å²) in [5.74, 6) is 6.21. The van der Waals surface area contributed by atoms with E-state index in [-0.39, 0.29) is 6.01 Å². The molecule has 8 heteroatoms. The van der Waals surface area contributed by atoms with Gasteiger partial charge in [0.05, 0.1) is 7.11 Å². The molecule has 0 saturated heterocycles. The molecule has 1 rings (SSSR count). The van der Waals surface area contributed by atoms with Gasteiger partial charge in [0.25, 0.3) is 0 Å². The van der Waals surface area contributed by atoms with Gasteiger partial charge in [-0.15, -0.1) is 0 Å². The highest BCUT2D eigenvalue weighted by molar-refractivity contribution is 5.37. The summed E-state index contributed by atoms with van der Waals surface area (Å²) < 4.78 is 5.04. The average molecular weight is 269 g/mol.